The molecular formula is C20H31N5O. The second kappa shape index (κ2) is 8.85. The summed E-state index contributed by atoms with van der Waals surface area (Å²) in [5, 5.41) is 7.54. The van der Waals surface area contributed by atoms with Crippen molar-refractivity contribution in [3.05, 3.63) is 47.3 Å². The second-order valence-electron chi connectivity index (χ2n) is 7.42. The molecule has 0 saturated heterocycles. The molecule has 1 aromatic heterocycles. The van der Waals surface area contributed by atoms with E-state index in [1.54, 1.807) is 4.90 Å². The third kappa shape index (κ3) is 5.59. The minimum absolute atomic E-state index is 0.0490. The van der Waals surface area contributed by atoms with Crippen molar-refractivity contribution < 1.29 is 4.79 Å². The molecular weight excluding hydrogens is 326 g/mol. The monoisotopic (exact) mass is 357 g/mol. The third-order valence-corrected chi connectivity index (χ3v) is 4.21. The van der Waals surface area contributed by atoms with Crippen molar-refractivity contribution in [1.82, 2.24) is 24.9 Å². The van der Waals surface area contributed by atoms with Gasteiger partial charge < -0.3 is 15.1 Å². The Bertz CT molecular complexity index is 738. The third-order valence-electron chi connectivity index (χ3n) is 4.21. The number of aryl methyl sites for hydroxylation is 2. The van der Waals surface area contributed by atoms with Gasteiger partial charge in [0.1, 0.15) is 0 Å². The maximum atomic E-state index is 12.3. The Morgan fingerprint density at radius 3 is 2.58 bits per heavy atom. The molecule has 6 heteroatoms. The van der Waals surface area contributed by atoms with Gasteiger partial charge in [-0.1, -0.05) is 19.1 Å². The fraction of sp³-hybridized carbons (Fsp3) is 0.500. The molecule has 0 bridgehead atoms. The Morgan fingerprint density at radius 1 is 1.23 bits per heavy atom. The van der Waals surface area contributed by atoms with Crippen LogP contribution in [0.5, 0.6) is 0 Å². The average Bonchev–Trinajstić information content (AvgIpc) is 2.90. The molecule has 0 unspecified atom stereocenters. The number of carbonyl (C=O) groups excluding carboxylic acids is 1. The molecule has 1 atom stereocenters. The molecule has 6 nitrogen and oxygen atoms in total. The number of hydrogen-bond donors (Lipinski definition) is 1. The molecule has 26 heavy (non-hydrogen) atoms. The number of hydrogen-bond acceptors (Lipinski definition) is 3. The fourth-order valence-corrected chi connectivity index (χ4v) is 3.11. The Balaban J connectivity index is 1.96. The van der Waals surface area contributed by atoms with Crippen LogP contribution in [0.1, 0.15) is 23.9 Å². The van der Waals surface area contributed by atoms with Gasteiger partial charge in [-0.25, -0.2) is 9.48 Å². The van der Waals surface area contributed by atoms with Gasteiger partial charge in [-0.05, 0) is 57.6 Å². The number of urea groups is 1. The first kappa shape index (κ1) is 20.0. The molecule has 0 radical (unpaired) electrons. The van der Waals surface area contributed by atoms with Crippen LogP contribution < -0.4 is 5.32 Å². The van der Waals surface area contributed by atoms with E-state index >= 15 is 0 Å². The van der Waals surface area contributed by atoms with Gasteiger partial charge in [0.15, 0.2) is 0 Å². The van der Waals surface area contributed by atoms with Crippen LogP contribution in [0.2, 0.25) is 0 Å². The van der Waals surface area contributed by atoms with Crippen molar-refractivity contribution in [2.24, 2.45) is 5.92 Å². The molecule has 2 aromatic rings. The zero-order valence-electron chi connectivity index (χ0n) is 16.8. The van der Waals surface area contributed by atoms with Crippen molar-refractivity contribution in [2.75, 3.05) is 34.2 Å². The predicted molar refractivity (Wildman–Crippen MR) is 106 cm³/mol. The van der Waals surface area contributed by atoms with Crippen LogP contribution in [-0.2, 0) is 6.54 Å². The molecule has 0 fully saturated rings. The highest BCUT2D eigenvalue weighted by Gasteiger charge is 2.12. The second-order valence-corrected chi connectivity index (χ2v) is 7.42. The summed E-state index contributed by atoms with van der Waals surface area (Å²) >= 11 is 0. The zero-order chi connectivity index (χ0) is 19.3. The zero-order valence-corrected chi connectivity index (χ0v) is 16.8. The first-order chi connectivity index (χ1) is 12.3. The van der Waals surface area contributed by atoms with E-state index in [9.17, 15) is 4.79 Å². The molecule has 1 aromatic carbocycles. The molecule has 0 aliphatic heterocycles. The highest BCUT2D eigenvalue weighted by molar-refractivity contribution is 5.73. The van der Waals surface area contributed by atoms with Crippen molar-refractivity contribution in [3.63, 3.8) is 0 Å². The summed E-state index contributed by atoms with van der Waals surface area (Å²) in [6.45, 7) is 8.35. The molecule has 1 N–H and O–H groups in total. The normalized spacial score (nSPS) is 12.3. The van der Waals surface area contributed by atoms with E-state index < -0.39 is 0 Å². The Labute approximate surface area is 156 Å². The number of amides is 2. The molecule has 0 aliphatic rings. The van der Waals surface area contributed by atoms with E-state index in [2.05, 4.69) is 34.4 Å². The number of nitrogens with zero attached hydrogens (tertiary/aromatic N) is 4. The van der Waals surface area contributed by atoms with E-state index in [-0.39, 0.29) is 6.03 Å². The van der Waals surface area contributed by atoms with E-state index in [4.69, 9.17) is 0 Å². The molecule has 1 heterocycles. The lowest BCUT2D eigenvalue weighted by Crippen LogP contribution is -2.40. The summed E-state index contributed by atoms with van der Waals surface area (Å²) in [5.41, 5.74) is 4.19. The van der Waals surface area contributed by atoms with Gasteiger partial charge in [0.2, 0.25) is 0 Å². The Morgan fingerprint density at radius 2 is 1.96 bits per heavy atom. The number of carbonyl (C=O) groups is 1. The van der Waals surface area contributed by atoms with Gasteiger partial charge in [-0.3, -0.25) is 0 Å². The van der Waals surface area contributed by atoms with E-state index in [0.717, 1.165) is 29.2 Å². The van der Waals surface area contributed by atoms with Crippen LogP contribution in [0.3, 0.4) is 0 Å². The van der Waals surface area contributed by atoms with E-state index in [0.29, 0.717) is 19.0 Å². The first-order valence-electron chi connectivity index (χ1n) is 9.02. The Hall–Kier alpha value is -2.34. The van der Waals surface area contributed by atoms with Crippen molar-refractivity contribution >= 4 is 6.03 Å². The molecule has 2 amide bonds. The van der Waals surface area contributed by atoms with Crippen molar-refractivity contribution in [3.8, 4) is 5.69 Å². The highest BCUT2D eigenvalue weighted by atomic mass is 16.2. The van der Waals surface area contributed by atoms with Crippen LogP contribution in [0.25, 0.3) is 5.69 Å². The topological polar surface area (TPSA) is 53.4 Å². The first-order valence-corrected chi connectivity index (χ1v) is 9.02. The number of nitrogens with one attached hydrogen (secondary N) is 1. The highest BCUT2D eigenvalue weighted by Crippen LogP contribution is 2.15. The largest absolute Gasteiger partial charge is 0.338 e. The number of rotatable bonds is 7. The SMILES string of the molecule is Cc1cc(C)n(-c2cccc(CN(C)C(=O)NC[C@@H](C)CN(C)C)c2)n1. The average molecular weight is 358 g/mol. The summed E-state index contributed by atoms with van der Waals surface area (Å²) in [4.78, 5) is 16.2. The summed E-state index contributed by atoms with van der Waals surface area (Å²) in [7, 11) is 5.91. The number of aromatic nitrogens is 2. The van der Waals surface area contributed by atoms with Gasteiger partial charge in [-0.15, -0.1) is 0 Å². The lowest BCUT2D eigenvalue weighted by atomic mass is 10.1. The standard InChI is InChI=1S/C20H31N5O/c1-15(13-23(4)5)12-21-20(26)24(6)14-18-8-7-9-19(11-18)25-17(3)10-16(2)22-25/h7-11,15H,12-14H2,1-6H3,(H,21,26)/t15-/m1/s1. The van der Waals surface area contributed by atoms with Crippen LogP contribution in [-0.4, -0.2) is 59.8 Å². The summed E-state index contributed by atoms with van der Waals surface area (Å²) < 4.78 is 1.93. The minimum atomic E-state index is -0.0490. The predicted octanol–water partition coefficient (Wildman–Crippen LogP) is 2.83. The van der Waals surface area contributed by atoms with Crippen LogP contribution in [0.4, 0.5) is 4.79 Å². The summed E-state index contributed by atoms with van der Waals surface area (Å²) in [6, 6.07) is 10.2. The number of benzene rings is 1. The van der Waals surface area contributed by atoms with Crippen LogP contribution >= 0.6 is 0 Å². The maximum absolute atomic E-state index is 12.3. The maximum Gasteiger partial charge on any atom is 0.317 e. The van der Waals surface area contributed by atoms with Gasteiger partial charge >= 0.3 is 6.03 Å². The lowest BCUT2D eigenvalue weighted by molar-refractivity contribution is 0.203. The Kier molecular flexibility index (Phi) is 6.80. The summed E-state index contributed by atoms with van der Waals surface area (Å²) in [6.07, 6.45) is 0. The van der Waals surface area contributed by atoms with Gasteiger partial charge in [0, 0.05) is 32.4 Å². The fourth-order valence-electron chi connectivity index (χ4n) is 3.11. The van der Waals surface area contributed by atoms with Gasteiger partial charge in [0.05, 0.1) is 11.4 Å². The minimum Gasteiger partial charge on any atom is -0.338 e. The van der Waals surface area contributed by atoms with Crippen molar-refractivity contribution in [1.29, 1.82) is 0 Å². The van der Waals surface area contributed by atoms with Crippen LogP contribution in [0, 0.1) is 19.8 Å². The smallest absolute Gasteiger partial charge is 0.317 e. The van der Waals surface area contributed by atoms with E-state index in [1.807, 2.05) is 57.9 Å². The van der Waals surface area contributed by atoms with Gasteiger partial charge in [-0.2, -0.15) is 5.10 Å². The van der Waals surface area contributed by atoms with Crippen molar-refractivity contribution in [2.45, 2.75) is 27.3 Å². The lowest BCUT2D eigenvalue weighted by Gasteiger charge is -2.21. The van der Waals surface area contributed by atoms with E-state index in [1.165, 1.54) is 0 Å². The molecule has 142 valence electrons. The molecule has 0 saturated carbocycles. The summed E-state index contributed by atoms with van der Waals surface area (Å²) in [5.74, 6) is 0.414. The molecule has 0 spiro atoms. The van der Waals surface area contributed by atoms with Gasteiger partial charge in [0.25, 0.3) is 0 Å². The van der Waals surface area contributed by atoms with Crippen LogP contribution in [0.15, 0.2) is 30.3 Å². The molecule has 2 rings (SSSR count). The molecule has 0 aliphatic carbocycles. The quantitative estimate of drug-likeness (QED) is 0.829.